The molecule has 0 saturated carbocycles. The monoisotopic (exact) mass is 360 g/mol. The fourth-order valence-corrected chi connectivity index (χ4v) is 3.24. The number of piperidine rings is 1. The second-order valence-electron chi connectivity index (χ2n) is 6.28. The molecule has 2 aromatic rings. The lowest BCUT2D eigenvalue weighted by Crippen LogP contribution is -2.45. The van der Waals surface area contributed by atoms with Crippen LogP contribution in [-0.2, 0) is 16.9 Å². The summed E-state index contributed by atoms with van der Waals surface area (Å²) in [6, 6.07) is 12.6. The van der Waals surface area contributed by atoms with Crippen LogP contribution in [0.2, 0.25) is 5.02 Å². The van der Waals surface area contributed by atoms with Crippen LogP contribution < -0.4 is 0 Å². The van der Waals surface area contributed by atoms with Crippen molar-refractivity contribution in [3.05, 3.63) is 64.4 Å². The Morgan fingerprint density at radius 3 is 2.56 bits per heavy atom. The van der Waals surface area contributed by atoms with E-state index in [1.807, 2.05) is 24.3 Å². The molecule has 6 heteroatoms. The molecule has 0 unspecified atom stereocenters. The number of carbonyl (C=O) groups excluding carboxylic acids is 1. The van der Waals surface area contributed by atoms with Crippen molar-refractivity contribution >= 4 is 17.5 Å². The van der Waals surface area contributed by atoms with Crippen LogP contribution in [0, 0.1) is 0 Å². The number of nitrogens with zero attached hydrogens (tertiary/aromatic N) is 2. The number of pyridine rings is 1. The highest BCUT2D eigenvalue weighted by molar-refractivity contribution is 6.30. The predicted molar refractivity (Wildman–Crippen MR) is 95.4 cm³/mol. The highest BCUT2D eigenvalue weighted by Crippen LogP contribution is 2.33. The van der Waals surface area contributed by atoms with Gasteiger partial charge in [-0.15, -0.1) is 0 Å². The molecule has 132 valence electrons. The second kappa shape index (κ2) is 7.52. The highest BCUT2D eigenvalue weighted by atomic mass is 35.5. The quantitative estimate of drug-likeness (QED) is 0.910. The van der Waals surface area contributed by atoms with Gasteiger partial charge in [0, 0.05) is 25.2 Å². The summed E-state index contributed by atoms with van der Waals surface area (Å²) < 4.78 is 5.06. The van der Waals surface area contributed by atoms with Crippen LogP contribution in [0.3, 0.4) is 0 Å². The number of likely N-dealkylation sites (tertiary alicyclic amines) is 1. The average molecular weight is 361 g/mol. The van der Waals surface area contributed by atoms with Gasteiger partial charge in [0.2, 0.25) is 0 Å². The molecule has 2 heterocycles. The van der Waals surface area contributed by atoms with E-state index in [2.05, 4.69) is 4.98 Å². The molecule has 1 amide bonds. The number of aromatic nitrogens is 1. The van der Waals surface area contributed by atoms with E-state index in [0.717, 1.165) is 11.3 Å². The Kier molecular flexibility index (Phi) is 5.37. The van der Waals surface area contributed by atoms with E-state index in [1.165, 1.54) is 0 Å². The minimum Gasteiger partial charge on any atom is -0.385 e. The SMILES string of the molecule is COCc1cccc(C(=O)N2CCC(O)(c3ccc(Cl)cc3)CC2)n1. The smallest absolute Gasteiger partial charge is 0.272 e. The molecule has 0 radical (unpaired) electrons. The molecule has 1 N–H and O–H groups in total. The van der Waals surface area contributed by atoms with Gasteiger partial charge in [-0.2, -0.15) is 0 Å². The fraction of sp³-hybridized carbons (Fsp3) is 0.368. The van der Waals surface area contributed by atoms with Crippen molar-refractivity contribution in [2.24, 2.45) is 0 Å². The molecule has 5 nitrogen and oxygen atoms in total. The van der Waals surface area contributed by atoms with Gasteiger partial charge in [-0.25, -0.2) is 4.98 Å². The molecule has 0 aliphatic carbocycles. The summed E-state index contributed by atoms with van der Waals surface area (Å²) >= 11 is 5.91. The van der Waals surface area contributed by atoms with E-state index in [9.17, 15) is 9.90 Å². The van der Waals surface area contributed by atoms with Crippen molar-refractivity contribution in [3.8, 4) is 0 Å². The Morgan fingerprint density at radius 2 is 1.92 bits per heavy atom. The summed E-state index contributed by atoms with van der Waals surface area (Å²) in [5.41, 5.74) is 1.05. The van der Waals surface area contributed by atoms with Gasteiger partial charge in [0.25, 0.3) is 5.91 Å². The zero-order valence-electron chi connectivity index (χ0n) is 14.1. The molecule has 1 fully saturated rings. The summed E-state index contributed by atoms with van der Waals surface area (Å²) in [5, 5.41) is 11.5. The topological polar surface area (TPSA) is 62.7 Å². The van der Waals surface area contributed by atoms with Gasteiger partial charge < -0.3 is 14.7 Å². The summed E-state index contributed by atoms with van der Waals surface area (Å²) in [7, 11) is 1.60. The van der Waals surface area contributed by atoms with Crippen LogP contribution in [0.15, 0.2) is 42.5 Å². The lowest BCUT2D eigenvalue weighted by atomic mass is 9.84. The summed E-state index contributed by atoms with van der Waals surface area (Å²) in [4.78, 5) is 18.8. The molecular weight excluding hydrogens is 340 g/mol. The Morgan fingerprint density at radius 1 is 1.24 bits per heavy atom. The molecule has 3 rings (SSSR count). The minimum absolute atomic E-state index is 0.115. The number of carbonyl (C=O) groups is 1. The third-order valence-electron chi connectivity index (χ3n) is 4.58. The Balaban J connectivity index is 1.68. The number of hydrogen-bond acceptors (Lipinski definition) is 4. The maximum absolute atomic E-state index is 12.7. The Bertz CT molecular complexity index is 741. The van der Waals surface area contributed by atoms with Crippen molar-refractivity contribution in [2.75, 3.05) is 20.2 Å². The van der Waals surface area contributed by atoms with Crippen LogP contribution in [-0.4, -0.2) is 41.1 Å². The molecule has 25 heavy (non-hydrogen) atoms. The Labute approximate surface area is 152 Å². The molecule has 0 atom stereocenters. The van der Waals surface area contributed by atoms with E-state index in [-0.39, 0.29) is 5.91 Å². The number of aliphatic hydroxyl groups is 1. The second-order valence-corrected chi connectivity index (χ2v) is 6.71. The third kappa shape index (κ3) is 4.00. The number of benzene rings is 1. The van der Waals surface area contributed by atoms with Crippen LogP contribution in [0.1, 0.15) is 34.6 Å². The number of rotatable bonds is 4. The van der Waals surface area contributed by atoms with Crippen LogP contribution >= 0.6 is 11.6 Å². The minimum atomic E-state index is -0.924. The summed E-state index contributed by atoms with van der Waals surface area (Å²) in [6.45, 7) is 1.33. The molecule has 1 saturated heterocycles. The highest BCUT2D eigenvalue weighted by Gasteiger charge is 2.35. The standard InChI is InChI=1S/C19H21ClN2O3/c1-25-13-16-3-2-4-17(21-16)18(23)22-11-9-19(24,10-12-22)14-5-7-15(20)8-6-14/h2-8,24H,9-13H2,1H3. The maximum atomic E-state index is 12.7. The first-order valence-corrected chi connectivity index (χ1v) is 8.62. The third-order valence-corrected chi connectivity index (χ3v) is 4.83. The number of ether oxygens (including phenoxy) is 1. The average Bonchev–Trinajstić information content (AvgIpc) is 2.63. The van der Waals surface area contributed by atoms with Gasteiger partial charge >= 0.3 is 0 Å². The summed E-state index contributed by atoms with van der Waals surface area (Å²) in [5.74, 6) is -0.115. The first-order chi connectivity index (χ1) is 12.0. The van der Waals surface area contributed by atoms with Crippen LogP contribution in [0.5, 0.6) is 0 Å². The van der Waals surface area contributed by atoms with Crippen LogP contribution in [0.4, 0.5) is 0 Å². The van der Waals surface area contributed by atoms with Gasteiger partial charge in [-0.05, 0) is 42.7 Å². The number of methoxy groups -OCH3 is 1. The van der Waals surface area contributed by atoms with Crippen molar-refractivity contribution in [1.29, 1.82) is 0 Å². The van der Waals surface area contributed by atoms with E-state index < -0.39 is 5.60 Å². The molecule has 1 aliphatic heterocycles. The zero-order valence-corrected chi connectivity index (χ0v) is 14.9. The van der Waals surface area contributed by atoms with E-state index >= 15 is 0 Å². The van der Waals surface area contributed by atoms with Crippen molar-refractivity contribution in [2.45, 2.75) is 25.0 Å². The molecule has 1 aromatic heterocycles. The molecule has 0 spiro atoms. The largest absolute Gasteiger partial charge is 0.385 e. The molecule has 1 aromatic carbocycles. The molecule has 1 aliphatic rings. The number of amides is 1. The Hall–Kier alpha value is -1.95. The van der Waals surface area contributed by atoms with Gasteiger partial charge in [-0.3, -0.25) is 4.79 Å². The van der Waals surface area contributed by atoms with E-state index in [0.29, 0.717) is 43.3 Å². The number of hydrogen-bond donors (Lipinski definition) is 1. The first-order valence-electron chi connectivity index (χ1n) is 8.24. The van der Waals surface area contributed by atoms with Gasteiger partial charge in [0.15, 0.2) is 0 Å². The predicted octanol–water partition coefficient (Wildman–Crippen LogP) is 3.01. The maximum Gasteiger partial charge on any atom is 0.272 e. The number of halogens is 1. The molecular formula is C19H21ClN2O3. The lowest BCUT2D eigenvalue weighted by molar-refractivity contribution is -0.0212. The van der Waals surface area contributed by atoms with Crippen molar-refractivity contribution < 1.29 is 14.6 Å². The van der Waals surface area contributed by atoms with Crippen LogP contribution in [0.25, 0.3) is 0 Å². The van der Waals surface area contributed by atoms with Crippen molar-refractivity contribution in [3.63, 3.8) is 0 Å². The fourth-order valence-electron chi connectivity index (χ4n) is 3.12. The zero-order chi connectivity index (χ0) is 17.9. The molecule has 0 bridgehead atoms. The van der Waals surface area contributed by atoms with Crippen molar-refractivity contribution in [1.82, 2.24) is 9.88 Å². The van der Waals surface area contributed by atoms with E-state index in [4.69, 9.17) is 16.3 Å². The van der Waals surface area contributed by atoms with Gasteiger partial charge in [0.05, 0.1) is 17.9 Å². The lowest BCUT2D eigenvalue weighted by Gasteiger charge is -2.38. The van der Waals surface area contributed by atoms with Gasteiger partial charge in [-0.1, -0.05) is 29.8 Å². The normalized spacial score (nSPS) is 16.7. The summed E-state index contributed by atoms with van der Waals surface area (Å²) in [6.07, 6.45) is 0.969. The van der Waals surface area contributed by atoms with E-state index in [1.54, 1.807) is 30.2 Å². The van der Waals surface area contributed by atoms with Gasteiger partial charge in [0.1, 0.15) is 5.69 Å². The first kappa shape index (κ1) is 17.9.